The van der Waals surface area contributed by atoms with Gasteiger partial charge in [-0.2, -0.15) is 0 Å². The van der Waals surface area contributed by atoms with Crippen molar-refractivity contribution in [2.75, 3.05) is 18.9 Å². The van der Waals surface area contributed by atoms with Gasteiger partial charge in [-0.25, -0.2) is 4.98 Å². The average Bonchev–Trinajstić information content (AvgIpc) is 2.77. The number of nitrogens with zero attached hydrogens (tertiary/aromatic N) is 1. The fourth-order valence-electron chi connectivity index (χ4n) is 1.78. The van der Waals surface area contributed by atoms with Crippen LogP contribution in [-0.2, 0) is 9.53 Å². The second-order valence-corrected chi connectivity index (χ2v) is 4.00. The molecule has 0 radical (unpaired) electrons. The van der Waals surface area contributed by atoms with Crippen molar-refractivity contribution in [1.29, 1.82) is 0 Å². The Morgan fingerprint density at radius 3 is 2.94 bits per heavy atom. The van der Waals surface area contributed by atoms with Crippen LogP contribution < -0.4 is 11.1 Å². The topological polar surface area (TPSA) is 115 Å². The lowest BCUT2D eigenvalue weighted by molar-refractivity contribution is -0.142. The third-order valence-electron chi connectivity index (χ3n) is 2.77. The first-order chi connectivity index (χ1) is 8.59. The van der Waals surface area contributed by atoms with Gasteiger partial charge < -0.3 is 20.9 Å². The van der Waals surface area contributed by atoms with E-state index in [2.05, 4.69) is 10.3 Å². The molecule has 1 aromatic heterocycles. The number of aliphatic carboxylic acids is 1. The summed E-state index contributed by atoms with van der Waals surface area (Å²) in [5.41, 5.74) is 5.96. The summed E-state index contributed by atoms with van der Waals surface area (Å²) >= 11 is 0. The minimum absolute atomic E-state index is 0.0912. The normalized spacial score (nSPS) is 22.7. The van der Waals surface area contributed by atoms with Gasteiger partial charge in [-0.1, -0.05) is 0 Å². The number of anilines is 1. The number of carbonyl (C=O) groups is 2. The molecule has 1 aliphatic rings. The summed E-state index contributed by atoms with van der Waals surface area (Å²) in [6, 6.07) is 2.61. The molecule has 0 bridgehead atoms. The number of amides is 1. The van der Waals surface area contributed by atoms with Gasteiger partial charge in [-0.05, 0) is 12.1 Å². The molecule has 1 aromatic rings. The Labute approximate surface area is 103 Å². The monoisotopic (exact) mass is 251 g/mol. The number of hydrogen-bond acceptors (Lipinski definition) is 5. The number of carboxylic acid groups (broad SMARTS) is 1. The summed E-state index contributed by atoms with van der Waals surface area (Å²) in [6.07, 6.45) is 1.45. The van der Waals surface area contributed by atoms with Crippen molar-refractivity contribution in [2.24, 2.45) is 5.92 Å². The zero-order chi connectivity index (χ0) is 13.1. The molecule has 2 unspecified atom stereocenters. The second-order valence-electron chi connectivity index (χ2n) is 4.00. The van der Waals surface area contributed by atoms with Crippen molar-refractivity contribution in [2.45, 2.75) is 6.04 Å². The number of nitrogen functional groups attached to an aromatic ring is 1. The highest BCUT2D eigenvalue weighted by molar-refractivity contribution is 5.97. The highest BCUT2D eigenvalue weighted by Crippen LogP contribution is 2.15. The summed E-state index contributed by atoms with van der Waals surface area (Å²) < 4.78 is 5.05. The van der Waals surface area contributed by atoms with Crippen LogP contribution in [-0.4, -0.2) is 41.2 Å². The molecular weight excluding hydrogens is 238 g/mol. The smallest absolute Gasteiger partial charge is 0.311 e. The summed E-state index contributed by atoms with van der Waals surface area (Å²) in [7, 11) is 0. The zero-order valence-electron chi connectivity index (χ0n) is 9.50. The average molecular weight is 251 g/mol. The third-order valence-corrected chi connectivity index (χ3v) is 2.77. The third kappa shape index (κ3) is 2.40. The van der Waals surface area contributed by atoms with Crippen LogP contribution in [0.3, 0.4) is 0 Å². The van der Waals surface area contributed by atoms with Crippen LogP contribution in [0.5, 0.6) is 0 Å². The minimum atomic E-state index is -0.994. The Morgan fingerprint density at radius 1 is 1.50 bits per heavy atom. The van der Waals surface area contributed by atoms with Crippen molar-refractivity contribution in [1.82, 2.24) is 10.3 Å². The van der Waals surface area contributed by atoms with Gasteiger partial charge in [0.1, 0.15) is 5.92 Å². The minimum Gasteiger partial charge on any atom is -0.481 e. The van der Waals surface area contributed by atoms with E-state index >= 15 is 0 Å². The quantitative estimate of drug-likeness (QED) is 0.666. The van der Waals surface area contributed by atoms with Crippen LogP contribution in [0, 0.1) is 5.92 Å². The molecule has 4 N–H and O–H groups in total. The molecule has 2 heterocycles. The number of nitrogens with two attached hydrogens (primary N) is 1. The molecule has 1 saturated heterocycles. The van der Waals surface area contributed by atoms with Crippen molar-refractivity contribution < 1.29 is 19.4 Å². The van der Waals surface area contributed by atoms with Gasteiger partial charge in [0.15, 0.2) is 5.69 Å². The predicted octanol–water partition coefficient (Wildman–Crippen LogP) is -0.507. The number of hydrogen-bond donors (Lipinski definition) is 3. The molecule has 18 heavy (non-hydrogen) atoms. The number of ether oxygens (including phenoxy) is 1. The lowest BCUT2D eigenvalue weighted by Gasteiger charge is -2.15. The molecule has 0 aliphatic carbocycles. The van der Waals surface area contributed by atoms with E-state index in [0.717, 1.165) is 0 Å². The molecule has 96 valence electrons. The maximum atomic E-state index is 11.9. The van der Waals surface area contributed by atoms with E-state index in [1.807, 2.05) is 0 Å². The zero-order valence-corrected chi connectivity index (χ0v) is 9.50. The molecule has 0 spiro atoms. The number of carboxylic acids is 1. The lowest BCUT2D eigenvalue weighted by atomic mass is 10.0. The largest absolute Gasteiger partial charge is 0.481 e. The molecular formula is C11H13N3O4. The van der Waals surface area contributed by atoms with Gasteiger partial charge in [0.25, 0.3) is 5.91 Å². The van der Waals surface area contributed by atoms with Crippen LogP contribution >= 0.6 is 0 Å². The van der Waals surface area contributed by atoms with Gasteiger partial charge in [0, 0.05) is 6.20 Å². The number of aromatic nitrogens is 1. The Morgan fingerprint density at radius 2 is 2.28 bits per heavy atom. The van der Waals surface area contributed by atoms with E-state index in [0.29, 0.717) is 0 Å². The molecule has 1 amide bonds. The van der Waals surface area contributed by atoms with Crippen LogP contribution in [0.2, 0.25) is 0 Å². The van der Waals surface area contributed by atoms with E-state index in [-0.39, 0.29) is 24.6 Å². The molecule has 0 aromatic carbocycles. The van der Waals surface area contributed by atoms with Gasteiger partial charge in [-0.3, -0.25) is 9.59 Å². The van der Waals surface area contributed by atoms with Gasteiger partial charge >= 0.3 is 5.97 Å². The molecule has 0 saturated carbocycles. The van der Waals surface area contributed by atoms with Crippen molar-refractivity contribution in [3.8, 4) is 0 Å². The Kier molecular flexibility index (Phi) is 3.42. The highest BCUT2D eigenvalue weighted by atomic mass is 16.5. The molecule has 2 atom stereocenters. The Bertz CT molecular complexity index is 477. The predicted molar refractivity (Wildman–Crippen MR) is 61.8 cm³/mol. The van der Waals surface area contributed by atoms with Crippen LogP contribution in [0.1, 0.15) is 10.5 Å². The fraction of sp³-hybridized carbons (Fsp3) is 0.364. The fourth-order valence-corrected chi connectivity index (χ4v) is 1.78. The van der Waals surface area contributed by atoms with E-state index < -0.39 is 23.8 Å². The van der Waals surface area contributed by atoms with Gasteiger partial charge in [-0.15, -0.1) is 0 Å². The number of nitrogens with one attached hydrogen (secondary N) is 1. The Balaban J connectivity index is 2.08. The van der Waals surface area contributed by atoms with E-state index in [9.17, 15) is 9.59 Å². The lowest BCUT2D eigenvalue weighted by Crippen LogP contribution is -2.43. The first-order valence-corrected chi connectivity index (χ1v) is 5.41. The maximum Gasteiger partial charge on any atom is 0.311 e. The van der Waals surface area contributed by atoms with Gasteiger partial charge in [0.2, 0.25) is 0 Å². The van der Waals surface area contributed by atoms with Gasteiger partial charge in [0.05, 0.1) is 24.9 Å². The van der Waals surface area contributed by atoms with E-state index in [1.54, 1.807) is 12.1 Å². The molecule has 1 fully saturated rings. The van der Waals surface area contributed by atoms with Crippen LogP contribution in [0.4, 0.5) is 5.69 Å². The Hall–Kier alpha value is -2.15. The molecule has 7 heteroatoms. The maximum absolute atomic E-state index is 11.9. The van der Waals surface area contributed by atoms with E-state index in [4.69, 9.17) is 15.6 Å². The van der Waals surface area contributed by atoms with Crippen molar-refractivity contribution in [3.05, 3.63) is 24.0 Å². The number of rotatable bonds is 3. The SMILES string of the molecule is Nc1cccnc1C(=O)NC1COCC1C(=O)O. The number of carbonyl (C=O) groups excluding carboxylic acids is 1. The number of pyridine rings is 1. The summed E-state index contributed by atoms with van der Waals surface area (Å²) in [5, 5.41) is 11.5. The summed E-state index contributed by atoms with van der Waals surface area (Å²) in [5.74, 6) is -2.22. The van der Waals surface area contributed by atoms with E-state index in [1.165, 1.54) is 6.20 Å². The van der Waals surface area contributed by atoms with Crippen LogP contribution in [0.25, 0.3) is 0 Å². The van der Waals surface area contributed by atoms with Crippen molar-refractivity contribution >= 4 is 17.6 Å². The summed E-state index contributed by atoms with van der Waals surface area (Å²) in [4.78, 5) is 26.7. The molecule has 7 nitrogen and oxygen atoms in total. The standard InChI is InChI=1S/C11H13N3O4/c12-7-2-1-3-13-9(7)10(15)14-8-5-18-4-6(8)11(16)17/h1-3,6,8H,4-5,12H2,(H,14,15)(H,16,17). The first kappa shape index (κ1) is 12.3. The molecule has 2 rings (SSSR count). The molecule has 1 aliphatic heterocycles. The van der Waals surface area contributed by atoms with Crippen molar-refractivity contribution in [3.63, 3.8) is 0 Å². The van der Waals surface area contributed by atoms with Crippen LogP contribution in [0.15, 0.2) is 18.3 Å². The summed E-state index contributed by atoms with van der Waals surface area (Å²) in [6.45, 7) is 0.271. The first-order valence-electron chi connectivity index (χ1n) is 5.41. The highest BCUT2D eigenvalue weighted by Gasteiger charge is 2.35. The second kappa shape index (κ2) is 5.01.